The third-order valence-electron chi connectivity index (χ3n) is 7.88. The third-order valence-corrected chi connectivity index (χ3v) is 7.88. The molecule has 0 spiro atoms. The van der Waals surface area contributed by atoms with E-state index in [2.05, 4.69) is 31.3 Å². The number of halogens is 3. The van der Waals surface area contributed by atoms with Gasteiger partial charge in [-0.1, -0.05) is 30.3 Å². The number of anilines is 1. The normalized spacial score (nSPS) is 17.0. The van der Waals surface area contributed by atoms with Crippen LogP contribution in [0.5, 0.6) is 5.75 Å². The van der Waals surface area contributed by atoms with Gasteiger partial charge >= 0.3 is 0 Å². The molecular weight excluding hydrogens is 531 g/mol. The van der Waals surface area contributed by atoms with E-state index in [1.807, 2.05) is 35.2 Å². The van der Waals surface area contributed by atoms with Gasteiger partial charge in [0.1, 0.15) is 6.04 Å². The van der Waals surface area contributed by atoms with Crippen molar-refractivity contribution in [1.29, 1.82) is 0 Å². The molecule has 6 nitrogen and oxygen atoms in total. The summed E-state index contributed by atoms with van der Waals surface area (Å²) in [5.41, 5.74) is 5.04. The Morgan fingerprint density at radius 3 is 2.49 bits per heavy atom. The summed E-state index contributed by atoms with van der Waals surface area (Å²) in [6.07, 6.45) is 2.91. The zero-order valence-electron chi connectivity index (χ0n) is 23.3. The molecule has 9 heteroatoms. The highest BCUT2D eigenvalue weighted by Gasteiger charge is 2.41. The first-order valence-corrected chi connectivity index (χ1v) is 14.0. The lowest BCUT2D eigenvalue weighted by atomic mass is 10.0. The van der Waals surface area contributed by atoms with Crippen molar-refractivity contribution >= 4 is 17.5 Å². The summed E-state index contributed by atoms with van der Waals surface area (Å²) in [7, 11) is 0. The standard InChI is InChI=1S/C32H34F3N3O3/c1-20-5-3-7-23(21(20)2)19-37(24-12-13-24)32(40)28-17-36-18-29(39)38(28)25-10-8-22(9-11-25)6-4-16-41-31-27(34)15-14-26(33)30(31)35/h3,5,7-11,14-15,24,28,36H,4,6,12-13,16-19H2,1-2H3/t28-/m1/s1. The Morgan fingerprint density at radius 2 is 1.76 bits per heavy atom. The fourth-order valence-electron chi connectivity index (χ4n) is 5.23. The van der Waals surface area contributed by atoms with Gasteiger partial charge < -0.3 is 15.0 Å². The van der Waals surface area contributed by atoms with E-state index in [9.17, 15) is 22.8 Å². The molecule has 1 saturated carbocycles. The van der Waals surface area contributed by atoms with Crippen LogP contribution in [-0.2, 0) is 22.6 Å². The maximum atomic E-state index is 13.9. The van der Waals surface area contributed by atoms with Crippen LogP contribution in [0.25, 0.3) is 0 Å². The summed E-state index contributed by atoms with van der Waals surface area (Å²) in [5.74, 6) is -4.40. The van der Waals surface area contributed by atoms with Crippen molar-refractivity contribution in [2.45, 2.75) is 58.2 Å². The molecule has 1 saturated heterocycles. The van der Waals surface area contributed by atoms with Crippen molar-refractivity contribution in [3.05, 3.63) is 94.3 Å². The minimum atomic E-state index is -1.34. The van der Waals surface area contributed by atoms with Crippen LogP contribution >= 0.6 is 0 Å². The van der Waals surface area contributed by atoms with Crippen LogP contribution in [-0.4, -0.2) is 48.5 Å². The number of nitrogens with one attached hydrogen (secondary N) is 1. The van der Waals surface area contributed by atoms with Gasteiger partial charge in [-0.2, -0.15) is 4.39 Å². The molecular formula is C32H34F3N3O3. The number of hydrogen-bond acceptors (Lipinski definition) is 4. The molecule has 0 radical (unpaired) electrons. The topological polar surface area (TPSA) is 61.9 Å². The van der Waals surface area contributed by atoms with Gasteiger partial charge in [-0.3, -0.25) is 14.5 Å². The Morgan fingerprint density at radius 1 is 1.02 bits per heavy atom. The summed E-state index contributed by atoms with van der Waals surface area (Å²) in [5, 5.41) is 3.10. The minimum Gasteiger partial charge on any atom is -0.488 e. The molecule has 41 heavy (non-hydrogen) atoms. The van der Waals surface area contributed by atoms with Crippen LogP contribution in [0.2, 0.25) is 0 Å². The SMILES string of the molecule is Cc1cccc(CN(C(=O)[C@H]2CNCC(=O)N2c2ccc(CCCOc3c(F)ccc(F)c3F)cc2)C2CC2)c1C. The predicted molar refractivity (Wildman–Crippen MR) is 150 cm³/mol. The molecule has 0 bridgehead atoms. The molecule has 2 aliphatic rings. The fourth-order valence-corrected chi connectivity index (χ4v) is 5.23. The van der Waals surface area contributed by atoms with Crippen LogP contribution in [0.15, 0.2) is 54.6 Å². The molecule has 0 aromatic heterocycles. The van der Waals surface area contributed by atoms with Gasteiger partial charge in [0, 0.05) is 24.8 Å². The highest BCUT2D eigenvalue weighted by atomic mass is 19.2. The molecule has 0 unspecified atom stereocenters. The quantitative estimate of drug-likeness (QED) is 0.270. The second-order valence-electron chi connectivity index (χ2n) is 10.8. The van der Waals surface area contributed by atoms with E-state index in [1.54, 1.807) is 4.90 Å². The van der Waals surface area contributed by atoms with E-state index in [4.69, 9.17) is 4.74 Å². The summed E-state index contributed by atoms with van der Waals surface area (Å²) < 4.78 is 46.1. The molecule has 1 atom stereocenters. The van der Waals surface area contributed by atoms with Crippen LogP contribution in [0.1, 0.15) is 41.5 Å². The smallest absolute Gasteiger partial charge is 0.247 e. The van der Waals surface area contributed by atoms with Gasteiger partial charge in [0.15, 0.2) is 17.4 Å². The Labute approximate surface area is 238 Å². The number of aryl methyl sites for hydroxylation is 2. The Bertz CT molecular complexity index is 1430. The second-order valence-corrected chi connectivity index (χ2v) is 10.8. The zero-order valence-corrected chi connectivity index (χ0v) is 23.3. The van der Waals surface area contributed by atoms with Crippen LogP contribution in [0.4, 0.5) is 18.9 Å². The van der Waals surface area contributed by atoms with E-state index in [1.165, 1.54) is 11.1 Å². The molecule has 1 aliphatic carbocycles. The lowest BCUT2D eigenvalue weighted by Gasteiger charge is -2.38. The number of ether oxygens (including phenoxy) is 1. The van der Waals surface area contributed by atoms with Crippen LogP contribution < -0.4 is 15.0 Å². The first-order valence-electron chi connectivity index (χ1n) is 14.0. The third kappa shape index (κ3) is 6.40. The maximum absolute atomic E-state index is 13.9. The number of hydrogen-bond donors (Lipinski definition) is 1. The molecule has 5 rings (SSSR count). The van der Waals surface area contributed by atoms with Crippen molar-refractivity contribution in [3.8, 4) is 5.75 Å². The lowest BCUT2D eigenvalue weighted by Crippen LogP contribution is -2.61. The number of rotatable bonds is 10. The first kappa shape index (κ1) is 28.7. The van der Waals surface area contributed by atoms with Gasteiger partial charge in [0.2, 0.25) is 17.6 Å². The Kier molecular flexibility index (Phi) is 8.63. The second kappa shape index (κ2) is 12.3. The number of piperazine rings is 1. The van der Waals surface area contributed by atoms with Crippen molar-refractivity contribution in [2.75, 3.05) is 24.6 Å². The lowest BCUT2D eigenvalue weighted by molar-refractivity contribution is -0.136. The molecule has 1 aliphatic heterocycles. The highest BCUT2D eigenvalue weighted by Crippen LogP contribution is 2.32. The summed E-state index contributed by atoms with van der Waals surface area (Å²) >= 11 is 0. The van der Waals surface area contributed by atoms with E-state index in [-0.39, 0.29) is 31.0 Å². The van der Waals surface area contributed by atoms with Gasteiger partial charge in [-0.25, -0.2) is 8.78 Å². The average Bonchev–Trinajstić information content (AvgIpc) is 3.81. The maximum Gasteiger partial charge on any atom is 0.247 e. The van der Waals surface area contributed by atoms with Gasteiger partial charge in [0.25, 0.3) is 0 Å². The predicted octanol–water partition coefficient (Wildman–Crippen LogP) is 5.23. The number of carbonyl (C=O) groups excluding carboxylic acids is 2. The molecule has 2 fully saturated rings. The molecule has 3 aromatic rings. The molecule has 216 valence electrons. The number of amides is 2. The zero-order chi connectivity index (χ0) is 29.1. The molecule has 1 heterocycles. The summed E-state index contributed by atoms with van der Waals surface area (Å²) in [4.78, 5) is 30.5. The Balaban J connectivity index is 1.25. The summed E-state index contributed by atoms with van der Waals surface area (Å²) in [6.45, 7) is 5.17. The molecule has 2 amide bonds. The van der Waals surface area contributed by atoms with E-state index >= 15 is 0 Å². The number of carbonyl (C=O) groups is 2. The summed E-state index contributed by atoms with van der Waals surface area (Å²) in [6, 6.07) is 14.6. The Hall–Kier alpha value is -3.85. The largest absolute Gasteiger partial charge is 0.488 e. The van der Waals surface area contributed by atoms with Crippen LogP contribution in [0.3, 0.4) is 0 Å². The van der Waals surface area contributed by atoms with E-state index < -0.39 is 29.2 Å². The van der Waals surface area contributed by atoms with Gasteiger partial charge in [-0.05, 0) is 86.1 Å². The fraction of sp³-hybridized carbons (Fsp3) is 0.375. The molecule has 1 N–H and O–H groups in total. The minimum absolute atomic E-state index is 0.00329. The molecule has 3 aromatic carbocycles. The first-order chi connectivity index (χ1) is 19.7. The van der Waals surface area contributed by atoms with Gasteiger partial charge in [-0.15, -0.1) is 0 Å². The van der Waals surface area contributed by atoms with Crippen molar-refractivity contribution < 1.29 is 27.5 Å². The number of benzene rings is 3. The van der Waals surface area contributed by atoms with E-state index in [0.717, 1.165) is 36.1 Å². The van der Waals surface area contributed by atoms with Crippen molar-refractivity contribution in [1.82, 2.24) is 10.2 Å². The number of nitrogens with zero attached hydrogens (tertiary/aromatic N) is 2. The van der Waals surface area contributed by atoms with Crippen molar-refractivity contribution in [2.24, 2.45) is 0 Å². The van der Waals surface area contributed by atoms with Crippen LogP contribution in [0, 0.1) is 31.3 Å². The van der Waals surface area contributed by atoms with E-state index in [0.29, 0.717) is 31.6 Å². The average molecular weight is 566 g/mol. The van der Waals surface area contributed by atoms with Crippen molar-refractivity contribution in [3.63, 3.8) is 0 Å². The highest BCUT2D eigenvalue weighted by molar-refractivity contribution is 6.03. The van der Waals surface area contributed by atoms with Gasteiger partial charge in [0.05, 0.1) is 13.2 Å². The monoisotopic (exact) mass is 565 g/mol.